The molecule has 3 aromatic rings. The minimum Gasteiger partial charge on any atom is -0.344 e. The van der Waals surface area contributed by atoms with Gasteiger partial charge in [0.25, 0.3) is 5.91 Å². The fourth-order valence-corrected chi connectivity index (χ4v) is 4.63. The van der Waals surface area contributed by atoms with Gasteiger partial charge in [0.05, 0.1) is 15.6 Å². The highest BCUT2D eigenvalue weighted by molar-refractivity contribution is 9.10. The minimum absolute atomic E-state index is 0.0571. The molecule has 4 nitrogen and oxygen atoms in total. The second-order valence-electron chi connectivity index (χ2n) is 7.07. The van der Waals surface area contributed by atoms with Crippen molar-refractivity contribution in [3.8, 4) is 0 Å². The summed E-state index contributed by atoms with van der Waals surface area (Å²) >= 11 is 10.9. The molecule has 4 rings (SSSR count). The monoisotopic (exact) mass is 487 g/mol. The van der Waals surface area contributed by atoms with Crippen LogP contribution in [-0.4, -0.2) is 27.6 Å². The zero-order chi connectivity index (χ0) is 20.7. The number of amides is 1. The second kappa shape index (κ2) is 8.01. The van der Waals surface area contributed by atoms with Gasteiger partial charge in [-0.2, -0.15) is 0 Å². The SMILES string of the molecule is CC(C)n1cc(/C=C2/SC(=Nc3ccc(Br)c(Cl)c3)N(C)C2=O)c2ccccc21. The summed E-state index contributed by atoms with van der Waals surface area (Å²) in [7, 11) is 1.74. The minimum atomic E-state index is -0.0571. The number of nitrogens with zero attached hydrogens (tertiary/aromatic N) is 3. The Morgan fingerprint density at radius 2 is 1.97 bits per heavy atom. The molecule has 2 heterocycles. The van der Waals surface area contributed by atoms with Gasteiger partial charge in [0.2, 0.25) is 0 Å². The molecule has 0 bridgehead atoms. The number of likely N-dealkylation sites (N-methyl/N-ethyl adjacent to an activating group) is 1. The van der Waals surface area contributed by atoms with Crippen LogP contribution < -0.4 is 0 Å². The number of hydrogen-bond donors (Lipinski definition) is 0. The van der Waals surface area contributed by atoms with Crippen molar-refractivity contribution in [1.29, 1.82) is 0 Å². The van der Waals surface area contributed by atoms with E-state index in [2.05, 4.69) is 57.7 Å². The number of aromatic nitrogens is 1. The Hall–Kier alpha value is -2.02. The molecule has 0 spiro atoms. The molecular formula is C22H19BrClN3OS. The average molecular weight is 489 g/mol. The first kappa shape index (κ1) is 20.3. The van der Waals surface area contributed by atoms with E-state index in [0.29, 0.717) is 26.8 Å². The normalized spacial score (nSPS) is 17.4. The summed E-state index contributed by atoms with van der Waals surface area (Å²) in [5, 5.41) is 2.35. The molecule has 1 saturated heterocycles. The van der Waals surface area contributed by atoms with Crippen LogP contribution in [0.25, 0.3) is 17.0 Å². The maximum absolute atomic E-state index is 12.8. The first-order valence-corrected chi connectivity index (χ1v) is 11.1. The Labute approximate surface area is 187 Å². The summed E-state index contributed by atoms with van der Waals surface area (Å²) in [6.07, 6.45) is 4.07. The Morgan fingerprint density at radius 3 is 2.69 bits per heavy atom. The largest absolute Gasteiger partial charge is 0.344 e. The molecule has 1 aliphatic rings. The molecule has 0 saturated carbocycles. The van der Waals surface area contributed by atoms with E-state index in [1.54, 1.807) is 18.0 Å². The van der Waals surface area contributed by atoms with Crippen LogP contribution in [0.2, 0.25) is 5.02 Å². The standard InChI is InChI=1S/C22H19BrClN3OS/c1-13(2)27-12-14(16-6-4-5-7-19(16)27)10-20-21(28)26(3)22(29-20)25-15-8-9-17(23)18(24)11-15/h4-13H,1-3H3/b20-10+,25-22?. The van der Waals surface area contributed by atoms with E-state index in [4.69, 9.17) is 11.6 Å². The molecule has 0 N–H and O–H groups in total. The van der Waals surface area contributed by atoms with E-state index in [-0.39, 0.29) is 5.91 Å². The maximum Gasteiger partial charge on any atom is 0.266 e. The van der Waals surface area contributed by atoms with Crippen molar-refractivity contribution in [3.05, 3.63) is 68.6 Å². The first-order chi connectivity index (χ1) is 13.8. The third-order valence-corrected chi connectivity index (χ3v) is 7.04. The van der Waals surface area contributed by atoms with E-state index in [1.165, 1.54) is 11.8 Å². The van der Waals surface area contributed by atoms with Gasteiger partial charge in [0.1, 0.15) is 0 Å². The zero-order valence-electron chi connectivity index (χ0n) is 16.2. The number of para-hydroxylation sites is 1. The summed E-state index contributed by atoms with van der Waals surface area (Å²) in [4.78, 5) is 19.7. The van der Waals surface area contributed by atoms with Crippen molar-refractivity contribution in [2.45, 2.75) is 19.9 Å². The van der Waals surface area contributed by atoms with Crippen LogP contribution in [0.3, 0.4) is 0 Å². The highest BCUT2D eigenvalue weighted by atomic mass is 79.9. The van der Waals surface area contributed by atoms with E-state index < -0.39 is 0 Å². The van der Waals surface area contributed by atoms with E-state index in [1.807, 2.05) is 30.3 Å². The summed E-state index contributed by atoms with van der Waals surface area (Å²) in [5.41, 5.74) is 2.90. The van der Waals surface area contributed by atoms with Crippen LogP contribution >= 0.6 is 39.3 Å². The van der Waals surface area contributed by atoms with E-state index >= 15 is 0 Å². The molecule has 0 unspecified atom stereocenters. The molecule has 2 aromatic carbocycles. The van der Waals surface area contributed by atoms with Crippen molar-refractivity contribution in [3.63, 3.8) is 0 Å². The predicted molar refractivity (Wildman–Crippen MR) is 127 cm³/mol. The van der Waals surface area contributed by atoms with Gasteiger partial charge in [0.15, 0.2) is 5.17 Å². The summed E-state index contributed by atoms with van der Waals surface area (Å²) < 4.78 is 3.04. The molecule has 148 valence electrons. The summed E-state index contributed by atoms with van der Waals surface area (Å²) in [6.45, 7) is 4.31. The van der Waals surface area contributed by atoms with Crippen LogP contribution in [0.1, 0.15) is 25.5 Å². The summed E-state index contributed by atoms with van der Waals surface area (Å²) in [5.74, 6) is -0.0571. The molecule has 1 aromatic heterocycles. The van der Waals surface area contributed by atoms with E-state index in [0.717, 1.165) is 20.9 Å². The molecule has 7 heteroatoms. The summed E-state index contributed by atoms with van der Waals surface area (Å²) in [6, 6.07) is 14.1. The number of aliphatic imine (C=N–C) groups is 1. The fraction of sp³-hybridized carbons (Fsp3) is 0.182. The number of benzene rings is 2. The third kappa shape index (κ3) is 3.89. The van der Waals surface area contributed by atoms with Gasteiger partial charge in [-0.3, -0.25) is 9.69 Å². The Balaban J connectivity index is 1.72. The molecule has 29 heavy (non-hydrogen) atoms. The molecule has 1 fully saturated rings. The topological polar surface area (TPSA) is 37.6 Å². The average Bonchev–Trinajstić information content (AvgIpc) is 3.19. The lowest BCUT2D eigenvalue weighted by atomic mass is 10.1. The van der Waals surface area contributed by atoms with Gasteiger partial charge < -0.3 is 4.57 Å². The first-order valence-electron chi connectivity index (χ1n) is 9.16. The lowest BCUT2D eigenvalue weighted by molar-refractivity contribution is -0.121. The molecular weight excluding hydrogens is 470 g/mol. The van der Waals surface area contributed by atoms with Gasteiger partial charge in [-0.15, -0.1) is 0 Å². The van der Waals surface area contributed by atoms with Crippen molar-refractivity contribution in [2.24, 2.45) is 4.99 Å². The van der Waals surface area contributed by atoms with Crippen molar-refractivity contribution in [2.75, 3.05) is 7.05 Å². The van der Waals surface area contributed by atoms with Crippen LogP contribution in [0.5, 0.6) is 0 Å². The molecule has 0 atom stereocenters. The number of amidine groups is 1. The number of thioether (sulfide) groups is 1. The van der Waals surface area contributed by atoms with Gasteiger partial charge >= 0.3 is 0 Å². The number of carbonyl (C=O) groups is 1. The van der Waals surface area contributed by atoms with Crippen LogP contribution in [0, 0.1) is 0 Å². The number of hydrogen-bond acceptors (Lipinski definition) is 3. The molecule has 0 aliphatic carbocycles. The van der Waals surface area contributed by atoms with Gasteiger partial charge in [-0.05, 0) is 71.9 Å². The highest BCUT2D eigenvalue weighted by Crippen LogP contribution is 2.36. The number of fused-ring (bicyclic) bond motifs is 1. The Bertz CT molecular complexity index is 1180. The van der Waals surface area contributed by atoms with E-state index in [9.17, 15) is 4.79 Å². The number of rotatable bonds is 3. The van der Waals surface area contributed by atoms with Crippen LogP contribution in [-0.2, 0) is 4.79 Å². The fourth-order valence-electron chi connectivity index (χ4n) is 3.23. The maximum atomic E-state index is 12.8. The lowest BCUT2D eigenvalue weighted by Crippen LogP contribution is -2.23. The molecule has 1 amide bonds. The van der Waals surface area contributed by atoms with Crippen molar-refractivity contribution in [1.82, 2.24) is 9.47 Å². The van der Waals surface area contributed by atoms with Crippen LogP contribution in [0.4, 0.5) is 5.69 Å². The van der Waals surface area contributed by atoms with Gasteiger partial charge in [0, 0.05) is 40.2 Å². The number of halogens is 2. The van der Waals surface area contributed by atoms with Crippen LogP contribution in [0.15, 0.2) is 63.0 Å². The quantitative estimate of drug-likeness (QED) is 0.377. The highest BCUT2D eigenvalue weighted by Gasteiger charge is 2.30. The van der Waals surface area contributed by atoms with Crippen molar-refractivity contribution < 1.29 is 4.79 Å². The van der Waals surface area contributed by atoms with Gasteiger partial charge in [-0.1, -0.05) is 29.8 Å². The number of carbonyl (C=O) groups excluding carboxylic acids is 1. The Morgan fingerprint density at radius 1 is 1.21 bits per heavy atom. The molecule has 0 radical (unpaired) electrons. The third-order valence-electron chi connectivity index (χ3n) is 4.75. The Kier molecular flexibility index (Phi) is 5.60. The second-order valence-corrected chi connectivity index (χ2v) is 9.34. The zero-order valence-corrected chi connectivity index (χ0v) is 19.3. The molecule has 1 aliphatic heterocycles. The predicted octanol–water partition coefficient (Wildman–Crippen LogP) is 6.87. The lowest BCUT2D eigenvalue weighted by Gasteiger charge is -2.08. The van der Waals surface area contributed by atoms with Crippen molar-refractivity contribution >= 4 is 73.0 Å². The van der Waals surface area contributed by atoms with Gasteiger partial charge in [-0.25, -0.2) is 4.99 Å². The smallest absolute Gasteiger partial charge is 0.266 e.